The molecular formula is C25H20N2O5S2. The maximum atomic E-state index is 13.1. The number of thioether (sulfide) groups is 1. The highest BCUT2D eigenvalue weighted by molar-refractivity contribution is 8.26. The Labute approximate surface area is 206 Å². The van der Waals surface area contributed by atoms with Crippen molar-refractivity contribution in [3.05, 3.63) is 82.8 Å². The summed E-state index contributed by atoms with van der Waals surface area (Å²) in [5.74, 6) is -1.87. The van der Waals surface area contributed by atoms with Gasteiger partial charge in [0.2, 0.25) is 5.91 Å². The molecule has 0 saturated carbocycles. The quantitative estimate of drug-likeness (QED) is 0.261. The van der Waals surface area contributed by atoms with E-state index >= 15 is 0 Å². The van der Waals surface area contributed by atoms with Gasteiger partial charge in [0.05, 0.1) is 29.2 Å². The van der Waals surface area contributed by atoms with E-state index in [0.29, 0.717) is 16.2 Å². The summed E-state index contributed by atoms with van der Waals surface area (Å²) in [6.45, 7) is 1.95. The van der Waals surface area contributed by atoms with Gasteiger partial charge in [-0.15, -0.1) is 0 Å². The van der Waals surface area contributed by atoms with Crippen molar-refractivity contribution in [3.8, 4) is 0 Å². The summed E-state index contributed by atoms with van der Waals surface area (Å²) in [7, 11) is 0. The van der Waals surface area contributed by atoms with Crippen molar-refractivity contribution >= 4 is 63.8 Å². The number of carbonyl (C=O) groups is 4. The van der Waals surface area contributed by atoms with Gasteiger partial charge in [-0.3, -0.25) is 19.3 Å². The number of hydrogen-bond donors (Lipinski definition) is 0. The molecule has 0 spiro atoms. The maximum absolute atomic E-state index is 13.1. The zero-order valence-corrected chi connectivity index (χ0v) is 19.8. The molecule has 2 aliphatic heterocycles. The summed E-state index contributed by atoms with van der Waals surface area (Å²) in [5, 5.41) is 0. The lowest BCUT2D eigenvalue weighted by Crippen LogP contribution is -2.44. The van der Waals surface area contributed by atoms with Gasteiger partial charge in [-0.1, -0.05) is 66.5 Å². The predicted octanol–water partition coefficient (Wildman–Crippen LogP) is 3.95. The normalized spacial score (nSPS) is 19.7. The Bertz CT molecular complexity index is 1220. The molecule has 7 nitrogen and oxygen atoms in total. The molecule has 2 aromatic carbocycles. The van der Waals surface area contributed by atoms with Crippen LogP contribution in [0, 0.1) is 0 Å². The Kier molecular flexibility index (Phi) is 7.04. The highest BCUT2D eigenvalue weighted by Gasteiger charge is 2.48. The monoisotopic (exact) mass is 492 g/mol. The number of benzene rings is 2. The van der Waals surface area contributed by atoms with Crippen LogP contribution in [0.2, 0.25) is 0 Å². The van der Waals surface area contributed by atoms with Crippen molar-refractivity contribution in [2.24, 2.45) is 0 Å². The van der Waals surface area contributed by atoms with Crippen LogP contribution in [-0.2, 0) is 19.1 Å². The van der Waals surface area contributed by atoms with Crippen molar-refractivity contribution < 1.29 is 23.9 Å². The average molecular weight is 493 g/mol. The molecule has 2 aliphatic rings. The lowest BCUT2D eigenvalue weighted by molar-refractivity contribution is -0.130. The van der Waals surface area contributed by atoms with E-state index in [1.165, 1.54) is 29.2 Å². The number of thiocarbonyl (C=S) groups is 1. The number of esters is 1. The molecule has 172 valence electrons. The number of amides is 3. The van der Waals surface area contributed by atoms with Gasteiger partial charge in [-0.25, -0.2) is 9.69 Å². The first-order chi connectivity index (χ1) is 16.4. The first-order valence-electron chi connectivity index (χ1n) is 10.5. The van der Waals surface area contributed by atoms with E-state index in [9.17, 15) is 19.2 Å². The Morgan fingerprint density at radius 2 is 1.82 bits per heavy atom. The van der Waals surface area contributed by atoms with Gasteiger partial charge in [0.25, 0.3) is 11.8 Å². The van der Waals surface area contributed by atoms with Gasteiger partial charge in [-0.2, -0.15) is 0 Å². The molecule has 9 heteroatoms. The van der Waals surface area contributed by atoms with Gasteiger partial charge in [0.15, 0.2) is 0 Å². The minimum atomic E-state index is -1.01. The molecule has 0 N–H and O–H groups in total. The topological polar surface area (TPSA) is 84.0 Å². The average Bonchev–Trinajstić information content (AvgIpc) is 3.28. The third-order valence-corrected chi connectivity index (χ3v) is 6.58. The van der Waals surface area contributed by atoms with E-state index in [-0.39, 0.29) is 17.3 Å². The van der Waals surface area contributed by atoms with Crippen LogP contribution in [-0.4, -0.2) is 45.6 Å². The number of nitrogens with zero attached hydrogens (tertiary/aromatic N) is 2. The molecule has 2 fully saturated rings. The van der Waals surface area contributed by atoms with Crippen molar-refractivity contribution in [1.82, 2.24) is 4.90 Å². The number of allylic oxidation sites excluding steroid dienone is 2. The summed E-state index contributed by atoms with van der Waals surface area (Å²) in [4.78, 5) is 53.3. The van der Waals surface area contributed by atoms with Crippen molar-refractivity contribution in [1.29, 1.82) is 0 Å². The summed E-state index contributed by atoms with van der Waals surface area (Å²) in [6, 6.07) is 14.6. The van der Waals surface area contributed by atoms with E-state index in [1.54, 1.807) is 19.1 Å². The van der Waals surface area contributed by atoms with Gasteiger partial charge in [-0.05, 0) is 42.8 Å². The molecule has 2 heterocycles. The summed E-state index contributed by atoms with van der Waals surface area (Å²) in [5.41, 5.74) is 1.61. The van der Waals surface area contributed by atoms with E-state index < -0.39 is 29.7 Å². The molecule has 34 heavy (non-hydrogen) atoms. The van der Waals surface area contributed by atoms with Crippen LogP contribution in [0.1, 0.15) is 29.3 Å². The van der Waals surface area contributed by atoms with Gasteiger partial charge in [0.1, 0.15) is 10.4 Å². The van der Waals surface area contributed by atoms with E-state index in [4.69, 9.17) is 17.0 Å². The zero-order chi connectivity index (χ0) is 24.2. The Balaban J connectivity index is 1.50. The minimum absolute atomic E-state index is 0.169. The van der Waals surface area contributed by atoms with Crippen LogP contribution in [0.15, 0.2) is 71.7 Å². The molecule has 0 radical (unpaired) electrons. The standard InChI is InChI=1S/C25H20N2O5S2/c1-2-32-24(31)17-11-13-18(14-12-17)26-21(28)15-19(22(26)29)27-23(30)20(34-25(27)33)10-6-9-16-7-4-3-5-8-16/h3-14,19H,2,15H2,1H3/b9-6+,20-10-/t19-/m1/s1. The van der Waals surface area contributed by atoms with Crippen LogP contribution >= 0.6 is 24.0 Å². The highest BCUT2D eigenvalue weighted by atomic mass is 32.2. The second-order valence-electron chi connectivity index (χ2n) is 7.40. The lowest BCUT2D eigenvalue weighted by atomic mass is 10.2. The molecular weight excluding hydrogens is 472 g/mol. The Morgan fingerprint density at radius 1 is 1.12 bits per heavy atom. The number of anilines is 1. The van der Waals surface area contributed by atoms with E-state index in [0.717, 1.165) is 22.2 Å². The van der Waals surface area contributed by atoms with Crippen molar-refractivity contribution in [2.75, 3.05) is 11.5 Å². The summed E-state index contributed by atoms with van der Waals surface area (Å²) < 4.78 is 5.18. The number of hydrogen-bond acceptors (Lipinski definition) is 7. The van der Waals surface area contributed by atoms with Crippen molar-refractivity contribution in [3.63, 3.8) is 0 Å². The molecule has 1 atom stereocenters. The molecule has 3 amide bonds. The van der Waals surface area contributed by atoms with Gasteiger partial charge >= 0.3 is 5.97 Å². The fourth-order valence-corrected chi connectivity index (χ4v) is 4.93. The molecule has 0 aromatic heterocycles. The van der Waals surface area contributed by atoms with Crippen LogP contribution in [0.3, 0.4) is 0 Å². The molecule has 2 aromatic rings. The van der Waals surface area contributed by atoms with Gasteiger partial charge in [0, 0.05) is 0 Å². The van der Waals surface area contributed by atoms with Crippen molar-refractivity contribution in [2.45, 2.75) is 19.4 Å². The van der Waals surface area contributed by atoms with Crippen LogP contribution in [0.4, 0.5) is 5.69 Å². The van der Waals surface area contributed by atoms with Gasteiger partial charge < -0.3 is 4.74 Å². The first kappa shape index (κ1) is 23.6. The third kappa shape index (κ3) is 4.71. The second-order valence-corrected chi connectivity index (χ2v) is 9.07. The molecule has 0 bridgehead atoms. The molecule has 0 aliphatic carbocycles. The van der Waals surface area contributed by atoms with Crippen LogP contribution in [0.25, 0.3) is 6.08 Å². The molecule has 4 rings (SSSR count). The summed E-state index contributed by atoms with van der Waals surface area (Å²) >= 11 is 6.46. The number of rotatable bonds is 6. The maximum Gasteiger partial charge on any atom is 0.338 e. The predicted molar refractivity (Wildman–Crippen MR) is 134 cm³/mol. The third-order valence-electron chi connectivity index (χ3n) is 5.23. The SMILES string of the molecule is CCOC(=O)c1ccc(N2C(=O)C[C@@H](N3C(=O)/C(=C/C=C/c4ccccc4)SC3=S)C2=O)cc1. The number of carbonyl (C=O) groups excluding carboxylic acids is 4. The zero-order valence-electron chi connectivity index (χ0n) is 18.2. The molecule has 2 saturated heterocycles. The largest absolute Gasteiger partial charge is 0.462 e. The number of ether oxygens (including phenoxy) is 1. The Hall–Kier alpha value is -3.56. The second kappa shape index (κ2) is 10.1. The smallest absolute Gasteiger partial charge is 0.338 e. The lowest BCUT2D eigenvalue weighted by Gasteiger charge is -2.21. The highest BCUT2D eigenvalue weighted by Crippen LogP contribution is 2.36. The molecule has 0 unspecified atom stereocenters. The minimum Gasteiger partial charge on any atom is -0.462 e. The van der Waals surface area contributed by atoms with Crippen LogP contribution in [0.5, 0.6) is 0 Å². The fourth-order valence-electron chi connectivity index (χ4n) is 3.62. The van der Waals surface area contributed by atoms with E-state index in [1.807, 2.05) is 36.4 Å². The fraction of sp³-hybridized carbons (Fsp3) is 0.160. The van der Waals surface area contributed by atoms with E-state index in [2.05, 4.69) is 0 Å². The summed E-state index contributed by atoms with van der Waals surface area (Å²) in [6.07, 6.45) is 5.09. The number of imide groups is 1. The Morgan fingerprint density at radius 3 is 2.50 bits per heavy atom. The van der Waals surface area contributed by atoms with Crippen LogP contribution < -0.4 is 4.90 Å². The first-order valence-corrected chi connectivity index (χ1v) is 11.8.